The molecule has 2 heterocycles. The fraction of sp³-hybridized carbons (Fsp3) is 0.0938. The topological polar surface area (TPSA) is 17.0 Å². The van der Waals surface area contributed by atoms with E-state index in [1.54, 1.807) is 0 Å². The maximum Gasteiger partial charge on any atom is 0.216 e. The second-order valence-corrected chi connectivity index (χ2v) is 9.04. The van der Waals surface area contributed by atoms with Gasteiger partial charge in [-0.2, -0.15) is 0 Å². The minimum Gasteiger partial charge on any atom is -0.455 e. The Labute approximate surface area is 199 Å². The molecule has 6 aromatic rings. The maximum absolute atomic E-state index is 6.55. The van der Waals surface area contributed by atoms with E-state index in [-0.39, 0.29) is 0 Å². The molecular formula is C32H26NO+. The van der Waals surface area contributed by atoms with E-state index in [4.69, 9.17) is 4.42 Å². The first-order valence-corrected chi connectivity index (χ1v) is 11.7. The highest BCUT2D eigenvalue weighted by atomic mass is 16.3. The van der Waals surface area contributed by atoms with E-state index in [9.17, 15) is 0 Å². The highest BCUT2D eigenvalue weighted by Gasteiger charge is 2.20. The van der Waals surface area contributed by atoms with E-state index in [1.807, 2.05) is 0 Å². The second-order valence-electron chi connectivity index (χ2n) is 9.04. The number of hydrogen-bond acceptors (Lipinski definition) is 1. The predicted octanol–water partition coefficient (Wildman–Crippen LogP) is 8.03. The van der Waals surface area contributed by atoms with Crippen molar-refractivity contribution in [2.24, 2.45) is 7.05 Å². The molecule has 0 aliphatic heterocycles. The van der Waals surface area contributed by atoms with Gasteiger partial charge in [0.2, 0.25) is 5.69 Å². The van der Waals surface area contributed by atoms with Gasteiger partial charge in [0.05, 0.1) is 5.56 Å². The molecular weight excluding hydrogens is 414 g/mol. The number of hydrogen-bond donors (Lipinski definition) is 0. The molecule has 0 spiro atoms. The maximum atomic E-state index is 6.55. The summed E-state index contributed by atoms with van der Waals surface area (Å²) >= 11 is 0. The molecule has 0 aliphatic carbocycles. The van der Waals surface area contributed by atoms with Crippen LogP contribution in [0.4, 0.5) is 0 Å². The van der Waals surface area contributed by atoms with Gasteiger partial charge >= 0.3 is 0 Å². The number of rotatable bonds is 3. The van der Waals surface area contributed by atoms with E-state index in [2.05, 4.69) is 129 Å². The Morgan fingerprint density at radius 1 is 0.618 bits per heavy atom. The molecule has 2 aromatic heterocycles. The lowest BCUT2D eigenvalue weighted by molar-refractivity contribution is -0.660. The molecule has 0 N–H and O–H groups in total. The Morgan fingerprint density at radius 2 is 1.35 bits per heavy atom. The Kier molecular flexibility index (Phi) is 4.81. The molecule has 2 heteroatoms. The first-order valence-electron chi connectivity index (χ1n) is 11.7. The summed E-state index contributed by atoms with van der Waals surface area (Å²) in [4.78, 5) is 0. The van der Waals surface area contributed by atoms with Gasteiger partial charge in [0.25, 0.3) is 0 Å². The van der Waals surface area contributed by atoms with Gasteiger partial charge < -0.3 is 4.42 Å². The first kappa shape index (κ1) is 20.4. The fourth-order valence-electron chi connectivity index (χ4n) is 5.00. The van der Waals surface area contributed by atoms with E-state index in [0.29, 0.717) is 0 Å². The van der Waals surface area contributed by atoms with Crippen LogP contribution in [0.15, 0.2) is 108 Å². The molecule has 0 saturated heterocycles. The molecule has 0 unspecified atom stereocenters. The summed E-state index contributed by atoms with van der Waals surface area (Å²) in [6.45, 7) is 4.33. The van der Waals surface area contributed by atoms with Crippen molar-refractivity contribution in [2.75, 3.05) is 0 Å². The van der Waals surface area contributed by atoms with Crippen molar-refractivity contribution in [1.29, 1.82) is 0 Å². The van der Waals surface area contributed by atoms with Crippen LogP contribution in [-0.2, 0) is 7.05 Å². The third-order valence-corrected chi connectivity index (χ3v) is 6.81. The zero-order valence-electron chi connectivity index (χ0n) is 19.7. The minimum absolute atomic E-state index is 0.919. The number of nitrogens with zero attached hydrogens (tertiary/aromatic N) is 1. The van der Waals surface area contributed by atoms with Crippen LogP contribution < -0.4 is 4.57 Å². The molecule has 0 fully saturated rings. The third kappa shape index (κ3) is 3.31. The number of aryl methyl sites for hydroxylation is 3. The summed E-state index contributed by atoms with van der Waals surface area (Å²) in [5.74, 6) is 0. The number of furan rings is 1. The molecule has 0 saturated carbocycles. The van der Waals surface area contributed by atoms with Crippen molar-refractivity contribution in [3.8, 4) is 33.5 Å². The highest BCUT2D eigenvalue weighted by Crippen LogP contribution is 2.38. The molecule has 0 atom stereocenters. The van der Waals surface area contributed by atoms with Crippen LogP contribution in [0, 0.1) is 13.8 Å². The summed E-state index contributed by atoms with van der Waals surface area (Å²) < 4.78 is 8.70. The van der Waals surface area contributed by atoms with E-state index >= 15 is 0 Å². The standard InChI is InChI=1S/C32H26NO/c1-21-12-15-28-27-17-14-25(24-13-16-26(22(2)19-24)23-9-5-4-6-10-23)20-30(27)34-32(28)31(21)29-11-7-8-18-33(29)3/h4-20H,1-3H3/q+1. The third-order valence-electron chi connectivity index (χ3n) is 6.81. The predicted molar refractivity (Wildman–Crippen MR) is 141 cm³/mol. The van der Waals surface area contributed by atoms with Gasteiger partial charge in [-0.1, -0.05) is 66.7 Å². The van der Waals surface area contributed by atoms with Crippen molar-refractivity contribution < 1.29 is 8.98 Å². The molecule has 0 radical (unpaired) electrons. The number of fused-ring (bicyclic) bond motifs is 3. The second kappa shape index (κ2) is 8.00. The largest absolute Gasteiger partial charge is 0.455 e. The molecule has 2 nitrogen and oxygen atoms in total. The van der Waals surface area contributed by atoms with Gasteiger partial charge in [0.15, 0.2) is 6.20 Å². The molecule has 0 bridgehead atoms. The average Bonchev–Trinajstić information content (AvgIpc) is 3.23. The van der Waals surface area contributed by atoms with Gasteiger partial charge in [-0.05, 0) is 65.4 Å². The lowest BCUT2D eigenvalue weighted by atomic mass is 9.95. The number of pyridine rings is 1. The highest BCUT2D eigenvalue weighted by molar-refractivity contribution is 6.10. The van der Waals surface area contributed by atoms with Gasteiger partial charge in [0, 0.05) is 22.9 Å². The van der Waals surface area contributed by atoms with Crippen LogP contribution in [0.1, 0.15) is 11.1 Å². The lowest BCUT2D eigenvalue weighted by Gasteiger charge is -2.09. The lowest BCUT2D eigenvalue weighted by Crippen LogP contribution is -2.30. The van der Waals surface area contributed by atoms with E-state index in [0.717, 1.165) is 38.8 Å². The van der Waals surface area contributed by atoms with Crippen molar-refractivity contribution in [2.45, 2.75) is 13.8 Å². The Bertz CT molecular complexity index is 1680. The molecule has 4 aromatic carbocycles. The summed E-state index contributed by atoms with van der Waals surface area (Å²) in [7, 11) is 2.08. The van der Waals surface area contributed by atoms with Crippen LogP contribution in [-0.4, -0.2) is 0 Å². The van der Waals surface area contributed by atoms with E-state index < -0.39 is 0 Å². The number of aromatic nitrogens is 1. The molecule has 34 heavy (non-hydrogen) atoms. The van der Waals surface area contributed by atoms with Crippen LogP contribution in [0.2, 0.25) is 0 Å². The Hall–Kier alpha value is -4.17. The van der Waals surface area contributed by atoms with Crippen molar-refractivity contribution in [1.82, 2.24) is 0 Å². The van der Waals surface area contributed by atoms with E-state index in [1.165, 1.54) is 27.8 Å². The molecule has 0 aliphatic rings. The Balaban J connectivity index is 1.49. The van der Waals surface area contributed by atoms with Crippen LogP contribution >= 0.6 is 0 Å². The van der Waals surface area contributed by atoms with Crippen molar-refractivity contribution in [3.63, 3.8) is 0 Å². The minimum atomic E-state index is 0.919. The smallest absolute Gasteiger partial charge is 0.216 e. The van der Waals surface area contributed by atoms with Gasteiger partial charge in [0.1, 0.15) is 18.2 Å². The number of benzene rings is 4. The summed E-state index contributed by atoms with van der Waals surface area (Å²) in [5, 5.41) is 2.30. The van der Waals surface area contributed by atoms with Gasteiger partial charge in [-0.25, -0.2) is 4.57 Å². The summed E-state index contributed by atoms with van der Waals surface area (Å²) in [6.07, 6.45) is 2.08. The molecule has 0 amide bonds. The van der Waals surface area contributed by atoms with Gasteiger partial charge in [-0.15, -0.1) is 0 Å². The van der Waals surface area contributed by atoms with Gasteiger partial charge in [-0.3, -0.25) is 0 Å². The zero-order valence-corrected chi connectivity index (χ0v) is 19.7. The van der Waals surface area contributed by atoms with Crippen LogP contribution in [0.5, 0.6) is 0 Å². The van der Waals surface area contributed by atoms with Crippen molar-refractivity contribution >= 4 is 21.9 Å². The zero-order chi connectivity index (χ0) is 23.2. The monoisotopic (exact) mass is 440 g/mol. The quantitative estimate of drug-likeness (QED) is 0.255. The summed E-state index contributed by atoms with van der Waals surface area (Å²) in [6, 6.07) is 34.5. The fourth-order valence-corrected chi connectivity index (χ4v) is 5.00. The van der Waals surface area contributed by atoms with Crippen LogP contribution in [0.3, 0.4) is 0 Å². The SMILES string of the molecule is Cc1cc(-c2ccc3c(c2)oc2c(-c4cccc[n+]4C)c(C)ccc23)ccc1-c1ccccc1. The Morgan fingerprint density at radius 3 is 2.15 bits per heavy atom. The van der Waals surface area contributed by atoms with Crippen molar-refractivity contribution in [3.05, 3.63) is 114 Å². The first-order chi connectivity index (χ1) is 16.6. The summed E-state index contributed by atoms with van der Waals surface area (Å²) in [5.41, 5.74) is 11.5. The normalized spacial score (nSPS) is 11.4. The average molecular weight is 441 g/mol. The molecule has 6 rings (SSSR count). The molecule has 164 valence electrons. The van der Waals surface area contributed by atoms with Crippen LogP contribution in [0.25, 0.3) is 55.4 Å².